The third kappa shape index (κ3) is 30.9. The number of carboxylic acids is 1. The molecule has 0 aromatic rings. The molecule has 0 spiro atoms. The summed E-state index contributed by atoms with van der Waals surface area (Å²) in [4.78, 5) is 10.2. The molecule has 0 heterocycles. The van der Waals surface area contributed by atoms with Crippen LogP contribution in [0.25, 0.3) is 0 Å². The number of carboxylic acid groups (broad SMARTS) is 1. The van der Waals surface area contributed by atoms with Crippen LogP contribution in [-0.4, -0.2) is 36.2 Å². The molecule has 0 rings (SSSR count). The first-order valence-electron chi connectivity index (χ1n) is 12.7. The van der Waals surface area contributed by atoms with Gasteiger partial charge in [0.2, 0.25) is 0 Å². The fourth-order valence-corrected chi connectivity index (χ4v) is 3.36. The molecule has 0 aliphatic rings. The summed E-state index contributed by atoms with van der Waals surface area (Å²) in [5, 5.41) is 17.7. The molecule has 0 aliphatic carbocycles. The Morgan fingerprint density at radius 1 is 0.806 bits per heavy atom. The van der Waals surface area contributed by atoms with Gasteiger partial charge in [0.05, 0.1) is 0 Å². The van der Waals surface area contributed by atoms with Gasteiger partial charge in [-0.15, -0.1) is 0 Å². The third-order valence-electron chi connectivity index (χ3n) is 5.38. The molecule has 0 aromatic carbocycles. The largest absolute Gasteiger partial charge is 0.480 e. The molecule has 0 amide bonds. The summed E-state index contributed by atoms with van der Waals surface area (Å²) < 4.78 is 0. The van der Waals surface area contributed by atoms with Crippen LogP contribution in [0.2, 0.25) is 0 Å². The number of hydrogen-bond donors (Lipinski definition) is 6. The molecule has 1 atom stereocenters. The Kier molecular flexibility index (Phi) is 27.4. The van der Waals surface area contributed by atoms with Crippen LogP contribution in [0.1, 0.15) is 122 Å². The predicted octanol–water partition coefficient (Wildman–Crippen LogP) is 4.87. The maximum atomic E-state index is 10.2. The number of nitrogens with two attached hydrogens (primary N) is 3. The lowest BCUT2D eigenvalue weighted by molar-refractivity contribution is -0.138. The van der Waals surface area contributed by atoms with Crippen LogP contribution >= 0.6 is 0 Å². The highest BCUT2D eigenvalue weighted by molar-refractivity contribution is 5.74. The standard InChI is InChI=1S/C18H39N.C6H14N4O2/c1-2-3-4-5-6-7-8-9-10-11-12-13-14-15-16-17-18-19;7-4(5(11)12)2-1-3-10-6(8)9/h2-19H2,1H3;4H,1-3,7H2,(H,11,12)(H4,8,9,10). The molecule has 7 heteroatoms. The summed E-state index contributed by atoms with van der Waals surface area (Å²) in [7, 11) is 0. The Bertz CT molecular complexity index is 378. The Morgan fingerprint density at radius 2 is 1.19 bits per heavy atom. The van der Waals surface area contributed by atoms with E-state index in [1.807, 2.05) is 0 Å². The molecule has 186 valence electrons. The van der Waals surface area contributed by atoms with Crippen molar-refractivity contribution in [2.75, 3.05) is 13.1 Å². The molecule has 7 nitrogen and oxygen atoms in total. The van der Waals surface area contributed by atoms with Gasteiger partial charge in [0.25, 0.3) is 0 Å². The van der Waals surface area contributed by atoms with E-state index in [9.17, 15) is 4.79 Å². The lowest BCUT2D eigenvalue weighted by atomic mass is 10.0. The van der Waals surface area contributed by atoms with Gasteiger partial charge in [0.15, 0.2) is 5.96 Å². The van der Waals surface area contributed by atoms with Crippen molar-refractivity contribution in [1.29, 1.82) is 5.41 Å². The third-order valence-corrected chi connectivity index (χ3v) is 5.38. The predicted molar refractivity (Wildman–Crippen MR) is 133 cm³/mol. The minimum atomic E-state index is -1.00. The van der Waals surface area contributed by atoms with Crippen LogP contribution in [0.5, 0.6) is 0 Å². The Hall–Kier alpha value is -1.34. The van der Waals surface area contributed by atoms with Crippen molar-refractivity contribution in [2.45, 2.75) is 129 Å². The number of rotatable bonds is 21. The maximum Gasteiger partial charge on any atom is 0.320 e. The van der Waals surface area contributed by atoms with Crippen molar-refractivity contribution < 1.29 is 9.90 Å². The second kappa shape index (κ2) is 26.7. The topological polar surface area (TPSA) is 151 Å². The molecule has 0 saturated heterocycles. The normalized spacial score (nSPS) is 11.5. The fourth-order valence-electron chi connectivity index (χ4n) is 3.36. The summed E-state index contributed by atoms with van der Waals surface area (Å²) in [5.41, 5.74) is 15.7. The van der Waals surface area contributed by atoms with Gasteiger partial charge < -0.3 is 27.6 Å². The Morgan fingerprint density at radius 3 is 1.52 bits per heavy atom. The molecule has 31 heavy (non-hydrogen) atoms. The van der Waals surface area contributed by atoms with Crippen LogP contribution < -0.4 is 22.5 Å². The molecule has 0 aliphatic heterocycles. The number of carbonyl (C=O) groups is 1. The summed E-state index contributed by atoms with van der Waals surface area (Å²) in [6.07, 6.45) is 23.8. The summed E-state index contributed by atoms with van der Waals surface area (Å²) in [6, 6.07) is -0.821. The molecule has 0 fully saturated rings. The van der Waals surface area contributed by atoms with Crippen LogP contribution in [0.15, 0.2) is 0 Å². The van der Waals surface area contributed by atoms with E-state index < -0.39 is 12.0 Å². The highest BCUT2D eigenvalue weighted by Gasteiger charge is 2.09. The first-order chi connectivity index (χ1) is 15.0. The number of hydrogen-bond acceptors (Lipinski definition) is 4. The average molecular weight is 444 g/mol. The van der Waals surface area contributed by atoms with Crippen molar-refractivity contribution in [3.05, 3.63) is 0 Å². The highest BCUT2D eigenvalue weighted by Crippen LogP contribution is 2.13. The second-order valence-electron chi connectivity index (χ2n) is 8.52. The van der Waals surface area contributed by atoms with Crippen molar-refractivity contribution in [3.63, 3.8) is 0 Å². The van der Waals surface area contributed by atoms with E-state index in [1.54, 1.807) is 0 Å². The van der Waals surface area contributed by atoms with Gasteiger partial charge in [-0.05, 0) is 25.8 Å². The van der Waals surface area contributed by atoms with Crippen LogP contribution in [0.4, 0.5) is 0 Å². The molecule has 0 saturated carbocycles. The van der Waals surface area contributed by atoms with Gasteiger partial charge >= 0.3 is 5.97 Å². The molecule has 9 N–H and O–H groups in total. The van der Waals surface area contributed by atoms with Crippen molar-refractivity contribution in [2.24, 2.45) is 17.2 Å². The van der Waals surface area contributed by atoms with Crippen molar-refractivity contribution in [3.8, 4) is 0 Å². The monoisotopic (exact) mass is 443 g/mol. The molecular formula is C24H53N5O2. The first-order valence-corrected chi connectivity index (χ1v) is 12.7. The molecular weight excluding hydrogens is 390 g/mol. The maximum absolute atomic E-state index is 10.2. The van der Waals surface area contributed by atoms with E-state index in [0.717, 1.165) is 6.54 Å². The van der Waals surface area contributed by atoms with Gasteiger partial charge in [-0.2, -0.15) is 0 Å². The molecule has 0 aromatic heterocycles. The molecule has 1 unspecified atom stereocenters. The quantitative estimate of drug-likeness (QED) is 0.0845. The minimum absolute atomic E-state index is 0.112. The lowest BCUT2D eigenvalue weighted by Gasteiger charge is -2.06. The van der Waals surface area contributed by atoms with E-state index >= 15 is 0 Å². The van der Waals surface area contributed by atoms with E-state index in [2.05, 4.69) is 12.2 Å². The van der Waals surface area contributed by atoms with Gasteiger partial charge in [-0.1, -0.05) is 103 Å². The van der Waals surface area contributed by atoms with E-state index in [1.165, 1.54) is 103 Å². The Labute approximate surface area is 191 Å². The first kappa shape index (κ1) is 31.8. The smallest absolute Gasteiger partial charge is 0.320 e. The second-order valence-corrected chi connectivity index (χ2v) is 8.52. The zero-order valence-corrected chi connectivity index (χ0v) is 20.3. The highest BCUT2D eigenvalue weighted by atomic mass is 16.4. The van der Waals surface area contributed by atoms with Crippen molar-refractivity contribution >= 4 is 11.9 Å². The Balaban J connectivity index is 0. The zero-order chi connectivity index (χ0) is 23.6. The van der Waals surface area contributed by atoms with Crippen LogP contribution in [0.3, 0.4) is 0 Å². The average Bonchev–Trinajstić information content (AvgIpc) is 2.74. The van der Waals surface area contributed by atoms with Gasteiger partial charge in [0.1, 0.15) is 6.04 Å². The van der Waals surface area contributed by atoms with Crippen LogP contribution in [0, 0.1) is 5.41 Å². The molecule has 0 radical (unpaired) electrons. The summed E-state index contributed by atoms with van der Waals surface area (Å²) in [6.45, 7) is 3.65. The van der Waals surface area contributed by atoms with Crippen molar-refractivity contribution in [1.82, 2.24) is 5.32 Å². The van der Waals surface area contributed by atoms with Gasteiger partial charge in [-0.3, -0.25) is 10.2 Å². The van der Waals surface area contributed by atoms with Gasteiger partial charge in [0, 0.05) is 6.54 Å². The summed E-state index contributed by atoms with van der Waals surface area (Å²) >= 11 is 0. The minimum Gasteiger partial charge on any atom is -0.480 e. The SMILES string of the molecule is CCCCCCCCCCCCCCCCCCN.N=C(N)NCCCC(N)C(=O)O. The van der Waals surface area contributed by atoms with E-state index in [0.29, 0.717) is 19.4 Å². The fraction of sp³-hybridized carbons (Fsp3) is 0.917. The number of aliphatic carboxylic acids is 1. The van der Waals surface area contributed by atoms with E-state index in [-0.39, 0.29) is 5.96 Å². The number of guanidine groups is 1. The lowest BCUT2D eigenvalue weighted by Crippen LogP contribution is -2.34. The van der Waals surface area contributed by atoms with E-state index in [4.69, 9.17) is 27.7 Å². The zero-order valence-electron chi connectivity index (χ0n) is 20.3. The van der Waals surface area contributed by atoms with Crippen LogP contribution in [-0.2, 0) is 4.79 Å². The molecule has 0 bridgehead atoms. The van der Waals surface area contributed by atoms with Gasteiger partial charge in [-0.25, -0.2) is 0 Å². The number of unbranched alkanes of at least 4 members (excludes halogenated alkanes) is 15. The number of nitrogens with one attached hydrogen (secondary N) is 2. The summed E-state index contributed by atoms with van der Waals surface area (Å²) in [5.74, 6) is -1.11.